The normalized spacial score (nSPS) is 14.5. The average molecular weight is 270 g/mol. The molecule has 4 heteroatoms. The van der Waals surface area contributed by atoms with E-state index in [0.717, 1.165) is 24.0 Å². The summed E-state index contributed by atoms with van der Waals surface area (Å²) in [7, 11) is 0. The van der Waals surface area contributed by atoms with Crippen molar-refractivity contribution < 1.29 is 4.79 Å². The molecule has 0 radical (unpaired) electrons. The first-order chi connectivity index (χ1) is 9.56. The van der Waals surface area contributed by atoms with Gasteiger partial charge in [0.15, 0.2) is 5.78 Å². The van der Waals surface area contributed by atoms with Crippen LogP contribution in [0, 0.1) is 13.8 Å². The van der Waals surface area contributed by atoms with Crippen LogP contribution in [0.4, 0.5) is 0 Å². The van der Waals surface area contributed by atoms with Crippen LogP contribution < -0.4 is 5.69 Å². The molecule has 1 saturated carbocycles. The minimum atomic E-state index is -0.0776. The number of ketones is 1. The second-order valence-corrected chi connectivity index (χ2v) is 5.59. The number of hydrogen-bond donors (Lipinski definition) is 0. The van der Waals surface area contributed by atoms with E-state index >= 15 is 0 Å². The molecule has 4 nitrogen and oxygen atoms in total. The van der Waals surface area contributed by atoms with Crippen molar-refractivity contribution in [2.75, 3.05) is 0 Å². The van der Waals surface area contributed by atoms with Crippen molar-refractivity contribution in [3.8, 4) is 0 Å². The molecule has 0 amide bonds. The molecule has 0 spiro atoms. The van der Waals surface area contributed by atoms with Crippen molar-refractivity contribution in [2.45, 2.75) is 39.3 Å². The number of carbonyl (C=O) groups excluding carboxylic acids is 1. The van der Waals surface area contributed by atoms with Crippen LogP contribution >= 0.6 is 0 Å². The Kier molecular flexibility index (Phi) is 3.08. The molecule has 2 aromatic rings. The first kappa shape index (κ1) is 12.9. The molecule has 1 heterocycles. The summed E-state index contributed by atoms with van der Waals surface area (Å²) in [5.41, 5.74) is 2.64. The van der Waals surface area contributed by atoms with Crippen molar-refractivity contribution in [3.63, 3.8) is 0 Å². The van der Waals surface area contributed by atoms with Gasteiger partial charge in [0.05, 0.1) is 6.54 Å². The Morgan fingerprint density at radius 3 is 2.70 bits per heavy atom. The van der Waals surface area contributed by atoms with Crippen molar-refractivity contribution in [1.29, 1.82) is 0 Å². The van der Waals surface area contributed by atoms with Crippen LogP contribution in [0.15, 0.2) is 35.4 Å². The van der Waals surface area contributed by atoms with Gasteiger partial charge in [0, 0.05) is 24.0 Å². The molecule has 20 heavy (non-hydrogen) atoms. The maximum absolute atomic E-state index is 12.4. The molecular formula is C16H18N2O2. The molecule has 1 aromatic heterocycles. The molecule has 1 aromatic carbocycles. The third kappa shape index (κ3) is 2.33. The zero-order chi connectivity index (χ0) is 14.3. The maximum Gasteiger partial charge on any atom is 0.328 e. The predicted molar refractivity (Wildman–Crippen MR) is 77.2 cm³/mol. The van der Waals surface area contributed by atoms with E-state index in [1.807, 2.05) is 32.0 Å². The summed E-state index contributed by atoms with van der Waals surface area (Å²) in [6.45, 7) is 4.00. The molecule has 0 unspecified atom stereocenters. The molecule has 0 aliphatic heterocycles. The van der Waals surface area contributed by atoms with Crippen LogP contribution in [0.2, 0.25) is 0 Å². The van der Waals surface area contributed by atoms with Crippen LogP contribution in [-0.2, 0) is 6.54 Å². The van der Waals surface area contributed by atoms with Crippen LogP contribution in [0.3, 0.4) is 0 Å². The third-order valence-electron chi connectivity index (χ3n) is 3.82. The highest BCUT2D eigenvalue weighted by molar-refractivity contribution is 5.97. The molecule has 0 saturated heterocycles. The van der Waals surface area contributed by atoms with Gasteiger partial charge in [-0.15, -0.1) is 0 Å². The Balaban J connectivity index is 1.85. The van der Waals surface area contributed by atoms with Crippen molar-refractivity contribution in [1.82, 2.24) is 9.13 Å². The number of Topliss-reactive ketones (excluding diaryl/α,β-unsaturated/α-hetero) is 1. The smallest absolute Gasteiger partial charge is 0.296 e. The monoisotopic (exact) mass is 270 g/mol. The Labute approximate surface area is 117 Å². The Bertz CT molecular complexity index is 720. The average Bonchev–Trinajstić information content (AvgIpc) is 3.19. The van der Waals surface area contributed by atoms with E-state index < -0.39 is 0 Å². The molecule has 0 atom stereocenters. The number of rotatable bonds is 4. The van der Waals surface area contributed by atoms with Gasteiger partial charge >= 0.3 is 5.69 Å². The van der Waals surface area contributed by atoms with Gasteiger partial charge in [-0.25, -0.2) is 4.79 Å². The largest absolute Gasteiger partial charge is 0.328 e. The number of hydrogen-bond acceptors (Lipinski definition) is 2. The van der Waals surface area contributed by atoms with Crippen LogP contribution in [0.5, 0.6) is 0 Å². The number of aryl methyl sites for hydroxylation is 2. The summed E-state index contributed by atoms with van der Waals surface area (Å²) in [6, 6.07) is 6.17. The number of benzene rings is 1. The predicted octanol–water partition coefficient (Wildman–Crippen LogP) is 2.48. The van der Waals surface area contributed by atoms with E-state index in [-0.39, 0.29) is 18.0 Å². The Hall–Kier alpha value is -2.10. The van der Waals surface area contributed by atoms with Crippen molar-refractivity contribution in [3.05, 3.63) is 57.8 Å². The number of carbonyl (C=O) groups is 1. The van der Waals surface area contributed by atoms with Gasteiger partial charge in [-0.1, -0.05) is 17.7 Å². The minimum absolute atomic E-state index is 0.0122. The number of imidazole rings is 1. The van der Waals surface area contributed by atoms with E-state index in [2.05, 4.69) is 0 Å². The molecule has 1 aliphatic rings. The van der Waals surface area contributed by atoms with Crippen molar-refractivity contribution >= 4 is 5.78 Å². The van der Waals surface area contributed by atoms with Gasteiger partial charge in [-0.05, 0) is 38.3 Å². The molecule has 1 fully saturated rings. The summed E-state index contributed by atoms with van der Waals surface area (Å²) < 4.78 is 3.23. The molecule has 1 aliphatic carbocycles. The van der Waals surface area contributed by atoms with Crippen LogP contribution in [0.25, 0.3) is 0 Å². The molecule has 0 bridgehead atoms. The fourth-order valence-electron chi connectivity index (χ4n) is 2.46. The number of nitrogens with zero attached hydrogens (tertiary/aromatic N) is 2. The SMILES string of the molecule is Cc1ccc(C)c(C(=O)Cn2ccn(C3CC3)c2=O)c1. The lowest BCUT2D eigenvalue weighted by Gasteiger charge is -2.06. The first-order valence-corrected chi connectivity index (χ1v) is 6.94. The quantitative estimate of drug-likeness (QED) is 0.801. The number of aromatic nitrogens is 2. The van der Waals surface area contributed by atoms with Crippen molar-refractivity contribution in [2.24, 2.45) is 0 Å². The van der Waals surface area contributed by atoms with E-state index in [4.69, 9.17) is 0 Å². The van der Waals surface area contributed by atoms with Gasteiger partial charge in [-0.2, -0.15) is 0 Å². The second kappa shape index (κ2) is 4.78. The minimum Gasteiger partial charge on any atom is -0.296 e. The first-order valence-electron chi connectivity index (χ1n) is 6.94. The van der Waals surface area contributed by atoms with E-state index in [1.165, 1.54) is 4.57 Å². The van der Waals surface area contributed by atoms with Gasteiger partial charge in [0.25, 0.3) is 0 Å². The van der Waals surface area contributed by atoms with Crippen LogP contribution in [0.1, 0.15) is 40.4 Å². The molecule has 104 valence electrons. The summed E-state index contributed by atoms with van der Waals surface area (Å²) >= 11 is 0. The lowest BCUT2D eigenvalue weighted by atomic mass is 10.0. The topological polar surface area (TPSA) is 44.0 Å². The maximum atomic E-state index is 12.4. The van der Waals surface area contributed by atoms with Gasteiger partial charge in [0.2, 0.25) is 0 Å². The fourth-order valence-corrected chi connectivity index (χ4v) is 2.46. The zero-order valence-corrected chi connectivity index (χ0v) is 11.8. The lowest BCUT2D eigenvalue weighted by molar-refractivity contribution is 0.0970. The summed E-state index contributed by atoms with van der Waals surface area (Å²) in [5, 5.41) is 0. The summed E-state index contributed by atoms with van der Waals surface area (Å²) in [4.78, 5) is 24.5. The molecule has 0 N–H and O–H groups in total. The van der Waals surface area contributed by atoms with Gasteiger partial charge in [0.1, 0.15) is 0 Å². The zero-order valence-electron chi connectivity index (χ0n) is 11.8. The summed E-state index contributed by atoms with van der Waals surface area (Å²) in [6.07, 6.45) is 5.63. The highest BCUT2D eigenvalue weighted by atomic mass is 16.2. The standard InChI is InChI=1S/C16H18N2O2/c1-11-3-4-12(2)14(9-11)15(19)10-17-7-8-18(16(17)20)13-5-6-13/h3-4,7-9,13H,5-6,10H2,1-2H3. The third-order valence-corrected chi connectivity index (χ3v) is 3.82. The second-order valence-electron chi connectivity index (χ2n) is 5.59. The lowest BCUT2D eigenvalue weighted by Crippen LogP contribution is -2.26. The molecular weight excluding hydrogens is 252 g/mol. The van der Waals surface area contributed by atoms with Gasteiger partial charge < -0.3 is 0 Å². The Morgan fingerprint density at radius 1 is 1.25 bits per heavy atom. The highest BCUT2D eigenvalue weighted by Crippen LogP contribution is 2.33. The van der Waals surface area contributed by atoms with Gasteiger partial charge in [-0.3, -0.25) is 13.9 Å². The van der Waals surface area contributed by atoms with E-state index in [9.17, 15) is 9.59 Å². The van der Waals surface area contributed by atoms with E-state index in [1.54, 1.807) is 17.0 Å². The molecule has 3 rings (SSSR count). The van der Waals surface area contributed by atoms with E-state index in [0.29, 0.717) is 11.6 Å². The van der Waals surface area contributed by atoms with Crippen LogP contribution in [-0.4, -0.2) is 14.9 Å². The highest BCUT2D eigenvalue weighted by Gasteiger charge is 2.25. The fraction of sp³-hybridized carbons (Fsp3) is 0.375. The Morgan fingerprint density at radius 2 is 2.00 bits per heavy atom. The summed E-state index contributed by atoms with van der Waals surface area (Å²) in [5.74, 6) is -0.0122.